The Labute approximate surface area is 221 Å². The van der Waals surface area contributed by atoms with Gasteiger partial charge in [0.15, 0.2) is 0 Å². The van der Waals surface area contributed by atoms with Crippen molar-refractivity contribution in [2.45, 2.75) is 32.6 Å². The molecule has 0 amide bonds. The zero-order valence-corrected chi connectivity index (χ0v) is 21.2. The number of aromatic nitrogens is 2. The topological polar surface area (TPSA) is 113 Å². The lowest BCUT2D eigenvalue weighted by atomic mass is 9.87. The second-order valence-electron chi connectivity index (χ2n) is 8.90. The average Bonchev–Trinajstić information content (AvgIpc) is 3.39. The molecule has 194 valence electrons. The Hall–Kier alpha value is -4.65. The highest BCUT2D eigenvalue weighted by molar-refractivity contribution is 6.00. The van der Waals surface area contributed by atoms with Crippen molar-refractivity contribution in [2.24, 2.45) is 0 Å². The molecule has 0 saturated carbocycles. The first kappa shape index (κ1) is 26.4. The molecule has 7 nitrogen and oxygen atoms in total. The number of hydrogen-bond donors (Lipinski definition) is 3. The van der Waals surface area contributed by atoms with Crippen LogP contribution in [0.15, 0.2) is 79.0 Å². The van der Waals surface area contributed by atoms with Crippen LogP contribution in [0.3, 0.4) is 0 Å². The zero-order chi connectivity index (χ0) is 26.9. The van der Waals surface area contributed by atoms with E-state index in [1.165, 1.54) is 0 Å². The van der Waals surface area contributed by atoms with Crippen LogP contribution in [0.1, 0.15) is 54.9 Å². The molecule has 0 bridgehead atoms. The Morgan fingerprint density at radius 3 is 2.32 bits per heavy atom. The van der Waals surface area contributed by atoms with Gasteiger partial charge in [-0.1, -0.05) is 49.4 Å². The Morgan fingerprint density at radius 2 is 1.63 bits per heavy atom. The molecule has 1 aromatic heterocycles. The third-order valence-corrected chi connectivity index (χ3v) is 6.26. The first-order valence-electron chi connectivity index (χ1n) is 12.6. The molecule has 38 heavy (non-hydrogen) atoms. The fourth-order valence-corrected chi connectivity index (χ4v) is 4.39. The summed E-state index contributed by atoms with van der Waals surface area (Å²) in [7, 11) is 0. The summed E-state index contributed by atoms with van der Waals surface area (Å²) in [6.07, 6.45) is 6.73. The number of nitrogens with zero attached hydrogens (tertiary/aromatic N) is 1. The molecular weight excluding hydrogens is 480 g/mol. The van der Waals surface area contributed by atoms with Gasteiger partial charge in [0.25, 0.3) is 0 Å². The average molecular weight is 511 g/mol. The maximum Gasteiger partial charge on any atom is 0.328 e. The lowest BCUT2D eigenvalue weighted by Gasteiger charge is -2.17. The quantitative estimate of drug-likeness (QED) is 0.112. The van der Waals surface area contributed by atoms with Crippen LogP contribution in [0, 0.1) is 0 Å². The fourth-order valence-electron chi connectivity index (χ4n) is 4.39. The van der Waals surface area contributed by atoms with E-state index in [4.69, 9.17) is 14.9 Å². The van der Waals surface area contributed by atoms with Crippen molar-refractivity contribution >= 4 is 40.1 Å². The van der Waals surface area contributed by atoms with Crippen LogP contribution >= 0.6 is 0 Å². The molecule has 0 aliphatic carbocycles. The molecule has 0 aliphatic rings. The van der Waals surface area contributed by atoms with Gasteiger partial charge in [0.1, 0.15) is 5.75 Å². The highest BCUT2D eigenvalue weighted by Gasteiger charge is 2.14. The summed E-state index contributed by atoms with van der Waals surface area (Å²) in [5.41, 5.74) is 7.18. The number of rotatable bonds is 12. The number of aromatic amines is 1. The Morgan fingerprint density at radius 1 is 0.921 bits per heavy atom. The fraction of sp³-hybridized carbons (Fsp3) is 0.194. The number of unbranched alkanes of at least 4 members (excludes halogenated alkanes) is 1. The van der Waals surface area contributed by atoms with E-state index < -0.39 is 11.9 Å². The number of nitrogens with one attached hydrogen (secondary N) is 1. The number of carbonyl (C=O) groups is 2. The summed E-state index contributed by atoms with van der Waals surface area (Å²) in [6, 6.07) is 22.1. The minimum atomic E-state index is -0.982. The second-order valence-corrected chi connectivity index (χ2v) is 8.90. The predicted molar refractivity (Wildman–Crippen MR) is 149 cm³/mol. The Balaban J connectivity index is 1.68. The van der Waals surface area contributed by atoms with Crippen LogP contribution in [0.2, 0.25) is 0 Å². The van der Waals surface area contributed by atoms with Crippen molar-refractivity contribution in [3.05, 3.63) is 101 Å². The first-order valence-corrected chi connectivity index (χ1v) is 12.6. The predicted octanol–water partition coefficient (Wildman–Crippen LogP) is 6.66. The molecule has 0 unspecified atom stereocenters. The minimum absolute atomic E-state index is 0.150. The summed E-state index contributed by atoms with van der Waals surface area (Å²) in [6.45, 7) is 2.60. The standard InChI is InChI=1S/C31H30N2O5/c1-2-27(22-11-14-26(15-12-22)38-18-4-3-5-29(34)35)31(24-13-16-28-25(19-24)20-32-33-28)23-9-6-21(7-10-23)8-17-30(36)37/h6-17,19-20H,2-5,18H2,1H3,(H,32,33)(H,34,35)(H,36,37)/b17-8+,31-27+. The summed E-state index contributed by atoms with van der Waals surface area (Å²) in [4.78, 5) is 21.6. The van der Waals surface area contributed by atoms with E-state index in [1.54, 1.807) is 6.08 Å². The number of allylic oxidation sites excluding steroid dienone is 1. The van der Waals surface area contributed by atoms with E-state index in [9.17, 15) is 9.59 Å². The van der Waals surface area contributed by atoms with Gasteiger partial charge in [-0.25, -0.2) is 4.79 Å². The van der Waals surface area contributed by atoms with Crippen molar-refractivity contribution in [3.63, 3.8) is 0 Å². The number of aliphatic carboxylic acids is 2. The number of carboxylic acid groups (broad SMARTS) is 2. The molecule has 4 rings (SSSR count). The zero-order valence-electron chi connectivity index (χ0n) is 21.2. The molecule has 0 saturated heterocycles. The van der Waals surface area contributed by atoms with Gasteiger partial charge in [-0.2, -0.15) is 5.10 Å². The summed E-state index contributed by atoms with van der Waals surface area (Å²) in [5, 5.41) is 25.9. The maximum atomic E-state index is 10.9. The highest BCUT2D eigenvalue weighted by atomic mass is 16.5. The highest BCUT2D eigenvalue weighted by Crippen LogP contribution is 2.36. The smallest absolute Gasteiger partial charge is 0.328 e. The normalized spacial score (nSPS) is 12.0. The van der Waals surface area contributed by atoms with E-state index in [-0.39, 0.29) is 6.42 Å². The number of hydrogen-bond acceptors (Lipinski definition) is 4. The molecule has 3 aromatic carbocycles. The molecule has 0 spiro atoms. The summed E-state index contributed by atoms with van der Waals surface area (Å²) in [5.74, 6) is -1.03. The maximum absolute atomic E-state index is 10.9. The molecule has 7 heteroatoms. The van der Waals surface area contributed by atoms with Crippen LogP contribution in [-0.2, 0) is 9.59 Å². The van der Waals surface area contributed by atoms with Crippen LogP contribution in [0.4, 0.5) is 0 Å². The van der Waals surface area contributed by atoms with Gasteiger partial charge in [-0.15, -0.1) is 0 Å². The second kappa shape index (κ2) is 12.5. The number of carboxylic acids is 2. The SMILES string of the molecule is CC/C(=C(/c1ccc(/C=C/C(=O)O)cc1)c1ccc2[nH]ncc2c1)c1ccc(OCCCCC(=O)O)cc1. The van der Waals surface area contributed by atoms with Gasteiger partial charge in [0.2, 0.25) is 0 Å². The van der Waals surface area contributed by atoms with Crippen molar-refractivity contribution in [3.8, 4) is 5.75 Å². The van der Waals surface area contributed by atoms with Crippen LogP contribution in [0.5, 0.6) is 5.75 Å². The van der Waals surface area contributed by atoms with E-state index in [0.717, 1.165) is 62.5 Å². The van der Waals surface area contributed by atoms with Crippen molar-refractivity contribution in [1.82, 2.24) is 10.2 Å². The minimum Gasteiger partial charge on any atom is -0.494 e. The van der Waals surface area contributed by atoms with Crippen molar-refractivity contribution in [2.75, 3.05) is 6.61 Å². The van der Waals surface area contributed by atoms with Crippen LogP contribution < -0.4 is 4.74 Å². The van der Waals surface area contributed by atoms with E-state index in [2.05, 4.69) is 29.3 Å². The Bertz CT molecular complexity index is 1460. The van der Waals surface area contributed by atoms with E-state index >= 15 is 0 Å². The largest absolute Gasteiger partial charge is 0.494 e. The monoisotopic (exact) mass is 510 g/mol. The molecule has 0 radical (unpaired) electrons. The van der Waals surface area contributed by atoms with E-state index in [0.29, 0.717) is 19.4 Å². The number of ether oxygens (including phenoxy) is 1. The molecule has 1 heterocycles. The van der Waals surface area contributed by atoms with Gasteiger partial charge < -0.3 is 14.9 Å². The van der Waals surface area contributed by atoms with E-state index in [1.807, 2.05) is 60.8 Å². The first-order chi connectivity index (χ1) is 18.4. The third kappa shape index (κ3) is 6.76. The number of H-pyrrole nitrogens is 1. The Kier molecular flexibility index (Phi) is 8.72. The summed E-state index contributed by atoms with van der Waals surface area (Å²) >= 11 is 0. The third-order valence-electron chi connectivity index (χ3n) is 6.26. The van der Waals surface area contributed by atoms with Crippen molar-refractivity contribution in [1.29, 1.82) is 0 Å². The molecule has 0 fully saturated rings. The molecule has 4 aromatic rings. The number of fused-ring (bicyclic) bond motifs is 1. The van der Waals surface area contributed by atoms with Crippen molar-refractivity contribution < 1.29 is 24.5 Å². The van der Waals surface area contributed by atoms with Gasteiger partial charge in [-0.3, -0.25) is 9.89 Å². The van der Waals surface area contributed by atoms with Gasteiger partial charge >= 0.3 is 11.9 Å². The van der Waals surface area contributed by atoms with Gasteiger partial charge in [0.05, 0.1) is 18.3 Å². The van der Waals surface area contributed by atoms with Gasteiger partial charge in [0, 0.05) is 17.9 Å². The molecule has 3 N–H and O–H groups in total. The number of benzene rings is 3. The molecule has 0 atom stereocenters. The lowest BCUT2D eigenvalue weighted by Crippen LogP contribution is -2.00. The molecule has 0 aliphatic heterocycles. The summed E-state index contributed by atoms with van der Waals surface area (Å²) < 4.78 is 5.81. The van der Waals surface area contributed by atoms with Crippen LogP contribution in [-0.4, -0.2) is 39.0 Å². The molecular formula is C31H30N2O5. The lowest BCUT2D eigenvalue weighted by molar-refractivity contribution is -0.137. The van der Waals surface area contributed by atoms with Gasteiger partial charge in [-0.05, 0) is 83.0 Å². The van der Waals surface area contributed by atoms with Crippen LogP contribution in [0.25, 0.3) is 28.1 Å².